The van der Waals surface area contributed by atoms with Gasteiger partial charge < -0.3 is 20.5 Å². The molecule has 7 nitrogen and oxygen atoms in total. The maximum Gasteiger partial charge on any atom is 0.243 e. The molecule has 1 aliphatic heterocycles. The summed E-state index contributed by atoms with van der Waals surface area (Å²) >= 11 is 0. The molecule has 0 saturated carbocycles. The summed E-state index contributed by atoms with van der Waals surface area (Å²) in [5, 5.41) is 9.49. The van der Waals surface area contributed by atoms with Gasteiger partial charge >= 0.3 is 0 Å². The number of hydrogen-bond acceptors (Lipinski definition) is 6. The molecular weight excluding hydrogens is 198 g/mol. The van der Waals surface area contributed by atoms with E-state index in [1.165, 1.54) is 0 Å². The summed E-state index contributed by atoms with van der Waals surface area (Å²) < 4.78 is 10.7. The number of nitrogens with zero attached hydrogens (tertiary/aromatic N) is 2. The van der Waals surface area contributed by atoms with Crippen LogP contribution in [0.1, 0.15) is 6.42 Å². The predicted molar refractivity (Wildman–Crippen MR) is 54.5 cm³/mol. The van der Waals surface area contributed by atoms with Crippen LogP contribution in [0.2, 0.25) is 0 Å². The minimum atomic E-state index is -0.268. The van der Waals surface area contributed by atoms with Crippen LogP contribution in [0.15, 0.2) is 0 Å². The molecule has 0 amide bonds. The predicted octanol–water partition coefficient (Wildman–Crippen LogP) is -0.396. The molecular formula is C8H15N5O2. The lowest BCUT2D eigenvalue weighted by Crippen LogP contribution is -2.39. The number of nitrogens with two attached hydrogens (primary N) is 1. The Hall–Kier alpha value is -1.34. The van der Waals surface area contributed by atoms with Crippen LogP contribution in [-0.2, 0) is 9.47 Å². The minimum Gasteiger partial charge on any atom is -0.378 e. The molecule has 84 valence electrons. The molecule has 1 atom stereocenters. The van der Waals surface area contributed by atoms with Gasteiger partial charge in [0.05, 0.1) is 6.61 Å². The van der Waals surface area contributed by atoms with Gasteiger partial charge in [0.1, 0.15) is 5.60 Å². The van der Waals surface area contributed by atoms with Crippen molar-refractivity contribution in [1.82, 2.24) is 15.2 Å². The fraction of sp³-hybridized carbons (Fsp3) is 0.750. The molecule has 0 radical (unpaired) electrons. The fourth-order valence-corrected chi connectivity index (χ4v) is 1.55. The number of nitrogens with one attached hydrogen (secondary N) is 2. The van der Waals surface area contributed by atoms with Crippen LogP contribution in [0.5, 0.6) is 0 Å². The van der Waals surface area contributed by atoms with Gasteiger partial charge in [-0.3, -0.25) is 0 Å². The first-order valence-corrected chi connectivity index (χ1v) is 4.79. The van der Waals surface area contributed by atoms with E-state index >= 15 is 0 Å². The number of methoxy groups -OCH3 is 1. The highest BCUT2D eigenvalue weighted by Crippen LogP contribution is 2.22. The highest BCUT2D eigenvalue weighted by Gasteiger charge is 2.34. The van der Waals surface area contributed by atoms with Crippen molar-refractivity contribution in [2.24, 2.45) is 0 Å². The maximum atomic E-state index is 5.44. The quantitative estimate of drug-likeness (QED) is 0.629. The first kappa shape index (κ1) is 10.2. The van der Waals surface area contributed by atoms with Crippen molar-refractivity contribution in [2.75, 3.05) is 37.9 Å². The number of H-pyrrole nitrogens is 1. The Morgan fingerprint density at radius 1 is 1.73 bits per heavy atom. The van der Waals surface area contributed by atoms with Gasteiger partial charge in [0.25, 0.3) is 0 Å². The molecule has 2 rings (SSSR count). The average Bonchev–Trinajstić information content (AvgIpc) is 2.85. The van der Waals surface area contributed by atoms with E-state index in [1.54, 1.807) is 7.11 Å². The molecule has 0 spiro atoms. The van der Waals surface area contributed by atoms with Crippen LogP contribution in [-0.4, -0.2) is 47.7 Å². The SMILES string of the molecule is COC1(CNc2n[nH]c(N)n2)CCOC1. The molecule has 2 heterocycles. The van der Waals surface area contributed by atoms with Crippen molar-refractivity contribution < 1.29 is 9.47 Å². The van der Waals surface area contributed by atoms with Gasteiger partial charge in [-0.2, -0.15) is 4.98 Å². The number of nitrogen functional groups attached to an aromatic ring is 1. The van der Waals surface area contributed by atoms with Gasteiger partial charge in [0.2, 0.25) is 11.9 Å². The molecule has 0 aromatic carbocycles. The minimum absolute atomic E-state index is 0.268. The Kier molecular flexibility index (Phi) is 2.74. The van der Waals surface area contributed by atoms with Crippen LogP contribution in [0.3, 0.4) is 0 Å². The lowest BCUT2D eigenvalue weighted by molar-refractivity contribution is -0.00630. The Labute approximate surface area is 87.3 Å². The van der Waals surface area contributed by atoms with Crippen LogP contribution in [0.4, 0.5) is 11.9 Å². The molecule has 1 unspecified atom stereocenters. The van der Waals surface area contributed by atoms with Crippen LogP contribution < -0.4 is 11.1 Å². The second-order valence-electron chi connectivity index (χ2n) is 3.59. The van der Waals surface area contributed by atoms with Crippen molar-refractivity contribution in [2.45, 2.75) is 12.0 Å². The molecule has 7 heteroatoms. The molecule has 1 saturated heterocycles. The number of ether oxygens (including phenoxy) is 2. The molecule has 0 aliphatic carbocycles. The Bertz CT molecular complexity index is 321. The third-order valence-electron chi connectivity index (χ3n) is 2.57. The van der Waals surface area contributed by atoms with E-state index in [2.05, 4.69) is 20.5 Å². The summed E-state index contributed by atoms with van der Waals surface area (Å²) in [5.41, 5.74) is 5.13. The van der Waals surface area contributed by atoms with Crippen LogP contribution in [0, 0.1) is 0 Å². The van der Waals surface area contributed by atoms with E-state index in [0.717, 1.165) is 13.0 Å². The maximum absolute atomic E-state index is 5.44. The van der Waals surface area contributed by atoms with Gasteiger partial charge in [-0.05, 0) is 0 Å². The van der Waals surface area contributed by atoms with Gasteiger partial charge in [0, 0.05) is 26.7 Å². The molecule has 0 bridgehead atoms. The van der Waals surface area contributed by atoms with Crippen molar-refractivity contribution in [3.63, 3.8) is 0 Å². The Balaban J connectivity index is 1.91. The lowest BCUT2D eigenvalue weighted by atomic mass is 10.0. The summed E-state index contributed by atoms with van der Waals surface area (Å²) in [6.45, 7) is 1.93. The third kappa shape index (κ3) is 2.18. The van der Waals surface area contributed by atoms with Crippen molar-refractivity contribution in [3.8, 4) is 0 Å². The largest absolute Gasteiger partial charge is 0.378 e. The molecule has 1 fully saturated rings. The van der Waals surface area contributed by atoms with Gasteiger partial charge in [-0.15, -0.1) is 5.10 Å². The van der Waals surface area contributed by atoms with Crippen molar-refractivity contribution in [3.05, 3.63) is 0 Å². The number of anilines is 2. The molecule has 1 aromatic rings. The van der Waals surface area contributed by atoms with Gasteiger partial charge in [-0.1, -0.05) is 0 Å². The summed E-state index contributed by atoms with van der Waals surface area (Å²) in [5.74, 6) is 0.780. The number of aromatic amines is 1. The summed E-state index contributed by atoms with van der Waals surface area (Å²) in [6.07, 6.45) is 0.871. The first-order valence-electron chi connectivity index (χ1n) is 4.79. The molecule has 15 heavy (non-hydrogen) atoms. The Morgan fingerprint density at radius 3 is 3.13 bits per heavy atom. The third-order valence-corrected chi connectivity index (χ3v) is 2.57. The summed E-state index contributed by atoms with van der Waals surface area (Å²) in [6, 6.07) is 0. The zero-order valence-electron chi connectivity index (χ0n) is 8.62. The molecule has 1 aromatic heterocycles. The first-order chi connectivity index (χ1) is 7.24. The van der Waals surface area contributed by atoms with Crippen molar-refractivity contribution in [1.29, 1.82) is 0 Å². The van der Waals surface area contributed by atoms with Gasteiger partial charge in [-0.25, -0.2) is 5.10 Å². The summed E-state index contributed by atoms with van der Waals surface area (Å²) in [4.78, 5) is 3.94. The Morgan fingerprint density at radius 2 is 2.60 bits per heavy atom. The van der Waals surface area contributed by atoms with E-state index in [-0.39, 0.29) is 5.60 Å². The zero-order valence-corrected chi connectivity index (χ0v) is 8.62. The normalized spacial score (nSPS) is 25.7. The second-order valence-corrected chi connectivity index (χ2v) is 3.59. The smallest absolute Gasteiger partial charge is 0.243 e. The zero-order chi connectivity index (χ0) is 10.7. The summed E-state index contributed by atoms with van der Waals surface area (Å²) in [7, 11) is 1.68. The highest BCUT2D eigenvalue weighted by molar-refractivity contribution is 5.30. The second kappa shape index (κ2) is 4.03. The van der Waals surface area contributed by atoms with E-state index in [1.807, 2.05) is 0 Å². The van der Waals surface area contributed by atoms with E-state index in [9.17, 15) is 0 Å². The van der Waals surface area contributed by atoms with Crippen molar-refractivity contribution >= 4 is 11.9 Å². The van der Waals surface area contributed by atoms with E-state index < -0.39 is 0 Å². The van der Waals surface area contributed by atoms with E-state index in [0.29, 0.717) is 25.0 Å². The van der Waals surface area contributed by atoms with Crippen LogP contribution >= 0.6 is 0 Å². The number of aromatic nitrogens is 3. The topological polar surface area (TPSA) is 98.1 Å². The van der Waals surface area contributed by atoms with Gasteiger partial charge in [0.15, 0.2) is 0 Å². The lowest BCUT2D eigenvalue weighted by Gasteiger charge is -2.25. The fourth-order valence-electron chi connectivity index (χ4n) is 1.55. The number of rotatable bonds is 4. The van der Waals surface area contributed by atoms with E-state index in [4.69, 9.17) is 15.2 Å². The molecule has 1 aliphatic rings. The highest BCUT2D eigenvalue weighted by atomic mass is 16.5. The molecule has 4 N–H and O–H groups in total. The monoisotopic (exact) mass is 213 g/mol. The van der Waals surface area contributed by atoms with Crippen LogP contribution in [0.25, 0.3) is 0 Å². The average molecular weight is 213 g/mol. The number of hydrogen-bond donors (Lipinski definition) is 3. The standard InChI is InChI=1S/C8H15N5O2/c1-14-8(2-3-15-5-8)4-10-7-11-6(9)12-13-7/h2-5H2,1H3,(H4,9,10,11,12,13).